The molecular formula is C126H127N7. The van der Waals surface area contributed by atoms with E-state index in [-0.39, 0.29) is 0 Å². The van der Waals surface area contributed by atoms with Crippen LogP contribution in [-0.4, -0.2) is 32.0 Å². The minimum absolute atomic E-state index is 0.988. The van der Waals surface area contributed by atoms with Gasteiger partial charge in [0.1, 0.15) is 0 Å². The summed E-state index contributed by atoms with van der Waals surface area (Å²) in [6, 6.07) is 117. The van der Waals surface area contributed by atoms with E-state index in [1.54, 1.807) is 0 Å². The highest BCUT2D eigenvalue weighted by atomic mass is 15.0. The molecule has 0 aliphatic rings. The third-order valence-corrected chi connectivity index (χ3v) is 30.2. The number of rotatable bonds is 37. The maximum Gasteiger partial charge on any atom is 0.0541 e. The summed E-state index contributed by atoms with van der Waals surface area (Å²) < 4.78 is 18.2. The zero-order valence-corrected chi connectivity index (χ0v) is 79.1. The van der Waals surface area contributed by atoms with Crippen LogP contribution in [-0.2, 0) is 39.3 Å². The van der Waals surface area contributed by atoms with Crippen LogP contribution in [0.3, 0.4) is 0 Å². The number of para-hydroxylation sites is 3. The van der Waals surface area contributed by atoms with Crippen LogP contribution < -0.4 is 0 Å². The fourth-order valence-corrected chi connectivity index (χ4v) is 23.2. The van der Waals surface area contributed by atoms with Crippen LogP contribution >= 0.6 is 0 Å². The van der Waals surface area contributed by atoms with Gasteiger partial charge >= 0.3 is 0 Å². The number of benzene rings is 15. The Hall–Kier alpha value is -13.1. The summed E-state index contributed by atoms with van der Waals surface area (Å²) in [5.74, 6) is 0. The second-order valence-electron chi connectivity index (χ2n) is 38.8. The molecule has 0 unspecified atom stereocenters. The predicted octanol–water partition coefficient (Wildman–Crippen LogP) is 36.9. The number of hydrogen-bond acceptors (Lipinski definition) is 0. The van der Waals surface area contributed by atoms with Gasteiger partial charge in [-0.15, -0.1) is 0 Å². The molecule has 7 nitrogen and oxygen atoms in total. The normalized spacial score (nSPS) is 12.3. The number of aryl methyl sites for hydroxylation is 6. The first-order valence-electron chi connectivity index (χ1n) is 51.2. The van der Waals surface area contributed by atoms with E-state index in [1.165, 1.54) is 354 Å². The van der Waals surface area contributed by atoms with Crippen LogP contribution in [0.2, 0.25) is 0 Å². The second-order valence-corrected chi connectivity index (χ2v) is 38.8. The van der Waals surface area contributed by atoms with Gasteiger partial charge in [-0.1, -0.05) is 291 Å². The average molecular weight is 1740 g/mol. The molecular weight excluding hydrogens is 1610 g/mol. The van der Waals surface area contributed by atoms with E-state index in [4.69, 9.17) is 0 Å². The Morgan fingerprint density at radius 3 is 0.496 bits per heavy atom. The van der Waals surface area contributed by atoms with Gasteiger partial charge in [0.15, 0.2) is 0 Å². The van der Waals surface area contributed by atoms with Crippen LogP contribution in [0.5, 0.6) is 0 Å². The topological polar surface area (TPSA) is 34.5 Å². The second kappa shape index (κ2) is 37.5. The number of unbranched alkanes of at least 4 members (excludes halogenated alkanes) is 18. The van der Waals surface area contributed by atoms with Crippen molar-refractivity contribution in [3.63, 3.8) is 0 Å². The molecule has 0 amide bonds. The Morgan fingerprint density at radius 2 is 0.293 bits per heavy atom. The van der Waals surface area contributed by atoms with Crippen LogP contribution in [0.15, 0.2) is 297 Å². The molecule has 0 N–H and O–H groups in total. The molecule has 0 saturated heterocycles. The van der Waals surface area contributed by atoms with Gasteiger partial charge in [0.05, 0.1) is 11.0 Å². The molecule has 0 aliphatic carbocycles. The van der Waals surface area contributed by atoms with Gasteiger partial charge in [-0.25, -0.2) is 0 Å². The zero-order valence-electron chi connectivity index (χ0n) is 79.1. The van der Waals surface area contributed by atoms with E-state index >= 15 is 0 Å². The van der Waals surface area contributed by atoms with Crippen molar-refractivity contribution < 1.29 is 0 Å². The van der Waals surface area contributed by atoms with E-state index in [2.05, 4.69) is 371 Å². The first-order valence-corrected chi connectivity index (χ1v) is 51.2. The number of nitrogens with zero attached hydrogens (tertiary/aromatic N) is 7. The van der Waals surface area contributed by atoms with E-state index in [9.17, 15) is 0 Å². The highest BCUT2D eigenvalue weighted by Crippen LogP contribution is 2.46. The fraction of sp³-hybridized carbons (Fsp3) is 0.286. The van der Waals surface area contributed by atoms with Gasteiger partial charge in [0, 0.05) is 187 Å². The molecule has 0 spiro atoms. The molecule has 0 radical (unpaired) electrons. The summed E-state index contributed by atoms with van der Waals surface area (Å²) in [5, 5.41) is 18.4. The van der Waals surface area contributed by atoms with Gasteiger partial charge in [-0.3, -0.25) is 0 Å². The lowest BCUT2D eigenvalue weighted by atomic mass is 9.97. The molecule has 666 valence electrons. The van der Waals surface area contributed by atoms with E-state index in [0.29, 0.717) is 0 Å². The molecule has 7 aromatic heterocycles. The van der Waals surface area contributed by atoms with Crippen molar-refractivity contribution in [3.05, 3.63) is 297 Å². The largest absolute Gasteiger partial charge is 0.340 e. The van der Waals surface area contributed by atoms with Gasteiger partial charge < -0.3 is 32.0 Å². The quantitative estimate of drug-likeness (QED) is 0.0348. The van der Waals surface area contributed by atoms with Crippen molar-refractivity contribution in [1.29, 1.82) is 0 Å². The Kier molecular flexibility index (Phi) is 24.1. The smallest absolute Gasteiger partial charge is 0.0541 e. The number of fused-ring (bicyclic) bond motifs is 21. The molecule has 0 bridgehead atoms. The van der Waals surface area contributed by atoms with Crippen LogP contribution in [0.1, 0.15) is 196 Å². The van der Waals surface area contributed by atoms with Crippen molar-refractivity contribution in [2.24, 2.45) is 0 Å². The molecule has 15 aromatic carbocycles. The highest BCUT2D eigenvalue weighted by Gasteiger charge is 2.24. The van der Waals surface area contributed by atoms with Crippen molar-refractivity contribution in [3.8, 4) is 72.4 Å². The SMILES string of the molecule is CCCCCCn1c2ccccc2c2cc(-c3ccc4c(c3)c3cc(-c5ccc(-n6c7ccc(-c8ccc9c(c8)c8cc(-c%10ccc%11c(c%10)c%10ccccc%10n%11CCCCCC)ccc8n9CCCCCC)cc7c7cc(-c8ccc9c(c8)c8cc(-c%10ccc%11c(c%10)c%10ccccc%10n%11CCCCCC)ccc8n9CCCCCC)ccc76)cc5)ccc3n4CCCCCC)ccc21. The molecule has 0 atom stereocenters. The van der Waals surface area contributed by atoms with E-state index in [0.717, 1.165) is 64.2 Å². The van der Waals surface area contributed by atoms with Gasteiger partial charge in [0.2, 0.25) is 0 Å². The zero-order chi connectivity index (χ0) is 89.6. The Bertz CT molecular complexity index is 7790. The lowest BCUT2D eigenvalue weighted by Gasteiger charge is -2.11. The summed E-state index contributed by atoms with van der Waals surface area (Å²) in [6.07, 6.45) is 29.4. The molecule has 22 aromatic rings. The fourth-order valence-electron chi connectivity index (χ4n) is 23.2. The van der Waals surface area contributed by atoms with Crippen molar-refractivity contribution in [1.82, 2.24) is 32.0 Å². The summed E-state index contributed by atoms with van der Waals surface area (Å²) >= 11 is 0. The molecule has 0 saturated carbocycles. The highest BCUT2D eigenvalue weighted by molar-refractivity contribution is 6.18. The van der Waals surface area contributed by atoms with Gasteiger partial charge in [-0.05, 0) is 269 Å². The maximum absolute atomic E-state index is 2.63. The standard InChI is InChI=1S/C126H127N7/c1-7-13-19-31-69-127-113-40-28-25-37-99(113)102-76-88(46-59-116(102)127)91-49-62-120-106(79-91)105-75-87(45-58-119(105)130(120)72-34-22-16-10-4)86-43-56-98(57-44-86)133-125-67-54-96(94-52-65-123-109(82-94)107-80-92(50-63-121(107)131(123)73-35-23-17-11-5)89-47-60-117-103(77-89)100-38-26-29-41-114(100)128(117)70-32-20-14-8-2)84-111(125)112-85-97(55-68-126(112)133)95-53-66-124-110(83-95)108-81-93(51-64-122(108)132(124)74-36-24-18-12-6)90-48-61-118-104(78-90)101-39-27-30-42-115(101)129(118)71-33-21-15-9-3/h25-30,37-68,75-85H,7-24,31-36,69-74H2,1-6H3. The Balaban J connectivity index is 0.669. The predicted molar refractivity (Wildman–Crippen MR) is 576 cm³/mol. The summed E-state index contributed by atoms with van der Waals surface area (Å²) in [5.41, 5.74) is 34.2. The maximum atomic E-state index is 2.63. The van der Waals surface area contributed by atoms with Crippen LogP contribution in [0, 0.1) is 0 Å². The van der Waals surface area contributed by atoms with Crippen LogP contribution in [0.4, 0.5) is 0 Å². The molecule has 0 aliphatic heterocycles. The first kappa shape index (κ1) is 85.4. The lowest BCUT2D eigenvalue weighted by Crippen LogP contribution is -1.98. The van der Waals surface area contributed by atoms with E-state index in [1.807, 2.05) is 0 Å². The number of hydrogen-bond donors (Lipinski definition) is 0. The van der Waals surface area contributed by atoms with Crippen molar-refractivity contribution in [2.75, 3.05) is 0 Å². The van der Waals surface area contributed by atoms with Crippen molar-refractivity contribution in [2.45, 2.75) is 235 Å². The summed E-state index contributed by atoms with van der Waals surface area (Å²) in [6.45, 7) is 20.0. The molecule has 7 heterocycles. The monoisotopic (exact) mass is 1740 g/mol. The third kappa shape index (κ3) is 15.8. The third-order valence-electron chi connectivity index (χ3n) is 30.2. The minimum Gasteiger partial charge on any atom is -0.340 e. The van der Waals surface area contributed by atoms with Crippen LogP contribution in [0.25, 0.3) is 225 Å². The van der Waals surface area contributed by atoms with E-state index < -0.39 is 0 Å². The molecule has 22 rings (SSSR count). The minimum atomic E-state index is 0.988. The van der Waals surface area contributed by atoms with Gasteiger partial charge in [0.25, 0.3) is 0 Å². The Labute approximate surface area is 783 Å². The van der Waals surface area contributed by atoms with Crippen molar-refractivity contribution >= 4 is 153 Å². The summed E-state index contributed by atoms with van der Waals surface area (Å²) in [4.78, 5) is 0. The summed E-state index contributed by atoms with van der Waals surface area (Å²) in [7, 11) is 0. The molecule has 133 heavy (non-hydrogen) atoms. The number of aromatic nitrogens is 7. The molecule has 0 fully saturated rings. The average Bonchev–Trinajstić information content (AvgIpc) is 1.57. The first-order chi connectivity index (χ1) is 65.7. The van der Waals surface area contributed by atoms with Gasteiger partial charge in [-0.2, -0.15) is 0 Å². The Morgan fingerprint density at radius 1 is 0.135 bits per heavy atom. The molecule has 7 heteroatoms. The lowest BCUT2D eigenvalue weighted by molar-refractivity contribution is 0.602.